The molecule has 0 aromatic carbocycles. The van der Waals surface area contributed by atoms with Gasteiger partial charge in [0, 0.05) is 18.5 Å². The van der Waals surface area contributed by atoms with E-state index in [2.05, 4.69) is 33.0 Å². The summed E-state index contributed by atoms with van der Waals surface area (Å²) < 4.78 is 0. The Morgan fingerprint density at radius 3 is 1.52 bits per heavy atom. The largest absolute Gasteiger partial charge is 0.356 e. The molecule has 33 heavy (non-hydrogen) atoms. The van der Waals surface area contributed by atoms with E-state index in [0.29, 0.717) is 12.3 Å². The molecule has 0 aliphatic rings. The Balaban J connectivity index is 0. The molecule has 0 saturated carbocycles. The summed E-state index contributed by atoms with van der Waals surface area (Å²) in [5.74, 6) is 0.786. The number of carbonyl (C=O) groups is 1. The SMILES string of the molecule is CCCCCCCCCCCCC(CCCNC(=O)CCCCCCCCC)C(C)(C)N.Cl. The second-order valence-electron chi connectivity index (χ2n) is 10.9. The van der Waals surface area contributed by atoms with E-state index in [1.54, 1.807) is 0 Å². The highest BCUT2D eigenvalue weighted by molar-refractivity contribution is 5.85. The first-order valence-corrected chi connectivity index (χ1v) is 14.5. The first kappa shape index (κ1) is 34.9. The van der Waals surface area contributed by atoms with Crippen molar-refractivity contribution in [2.45, 2.75) is 168 Å². The molecule has 0 aromatic rings. The van der Waals surface area contributed by atoms with Gasteiger partial charge in [0.25, 0.3) is 0 Å². The van der Waals surface area contributed by atoms with E-state index in [4.69, 9.17) is 5.73 Å². The molecule has 1 unspecified atom stereocenters. The van der Waals surface area contributed by atoms with E-state index < -0.39 is 0 Å². The van der Waals surface area contributed by atoms with Crippen molar-refractivity contribution >= 4 is 18.3 Å². The van der Waals surface area contributed by atoms with E-state index in [9.17, 15) is 4.79 Å². The van der Waals surface area contributed by atoms with Crippen molar-refractivity contribution < 1.29 is 4.79 Å². The van der Waals surface area contributed by atoms with Crippen LogP contribution in [0.4, 0.5) is 0 Å². The fourth-order valence-corrected chi connectivity index (χ4v) is 4.67. The normalized spacial score (nSPS) is 12.4. The van der Waals surface area contributed by atoms with Crippen LogP contribution < -0.4 is 11.1 Å². The van der Waals surface area contributed by atoms with Gasteiger partial charge in [-0.15, -0.1) is 12.4 Å². The first-order valence-electron chi connectivity index (χ1n) is 14.5. The maximum absolute atomic E-state index is 12.1. The van der Waals surface area contributed by atoms with Crippen LogP contribution in [0.25, 0.3) is 0 Å². The summed E-state index contributed by atoms with van der Waals surface area (Å²) in [6.07, 6.45) is 26.7. The third kappa shape index (κ3) is 24.6. The highest BCUT2D eigenvalue weighted by Crippen LogP contribution is 2.26. The number of unbranched alkanes of at least 4 members (excludes halogenated alkanes) is 15. The molecular formula is C29H61ClN2O. The van der Waals surface area contributed by atoms with Crippen molar-refractivity contribution in [2.24, 2.45) is 11.7 Å². The van der Waals surface area contributed by atoms with Gasteiger partial charge < -0.3 is 11.1 Å². The lowest BCUT2D eigenvalue weighted by Crippen LogP contribution is -2.41. The molecule has 0 aliphatic carbocycles. The van der Waals surface area contributed by atoms with Crippen molar-refractivity contribution in [1.82, 2.24) is 5.32 Å². The fourth-order valence-electron chi connectivity index (χ4n) is 4.67. The van der Waals surface area contributed by atoms with Gasteiger partial charge in [-0.25, -0.2) is 0 Å². The van der Waals surface area contributed by atoms with Crippen molar-refractivity contribution in [3.63, 3.8) is 0 Å². The number of hydrogen-bond acceptors (Lipinski definition) is 2. The number of halogens is 1. The summed E-state index contributed by atoms with van der Waals surface area (Å²) in [4.78, 5) is 12.1. The van der Waals surface area contributed by atoms with Crippen LogP contribution in [0.2, 0.25) is 0 Å². The third-order valence-corrected chi connectivity index (χ3v) is 7.02. The maximum Gasteiger partial charge on any atom is 0.219 e. The molecule has 0 radical (unpaired) electrons. The first-order chi connectivity index (χ1) is 15.4. The zero-order valence-electron chi connectivity index (χ0n) is 23.0. The number of nitrogens with two attached hydrogens (primary N) is 1. The van der Waals surface area contributed by atoms with Crippen LogP contribution in [0.5, 0.6) is 0 Å². The van der Waals surface area contributed by atoms with Crippen molar-refractivity contribution in [1.29, 1.82) is 0 Å². The maximum atomic E-state index is 12.1. The highest BCUT2D eigenvalue weighted by atomic mass is 35.5. The summed E-state index contributed by atoms with van der Waals surface area (Å²) in [7, 11) is 0. The number of nitrogens with one attached hydrogen (secondary N) is 1. The smallest absolute Gasteiger partial charge is 0.219 e. The quantitative estimate of drug-likeness (QED) is 0.133. The standard InChI is InChI=1S/C29H60N2O.ClH/c1-5-7-9-11-13-14-15-17-18-20-23-27(29(3,4)30)24-22-26-31-28(32)25-21-19-16-12-10-8-6-2;/h27H,5-26,30H2,1-4H3,(H,31,32);1H. The van der Waals surface area contributed by atoms with Crippen LogP contribution >= 0.6 is 12.4 Å². The second kappa shape index (κ2) is 24.8. The van der Waals surface area contributed by atoms with Gasteiger partial charge in [-0.05, 0) is 45.4 Å². The lowest BCUT2D eigenvalue weighted by atomic mass is 9.81. The lowest BCUT2D eigenvalue weighted by molar-refractivity contribution is -0.121. The minimum absolute atomic E-state index is 0. The van der Waals surface area contributed by atoms with Gasteiger partial charge in [-0.2, -0.15) is 0 Å². The monoisotopic (exact) mass is 488 g/mol. The molecule has 1 amide bonds. The second-order valence-corrected chi connectivity index (χ2v) is 10.9. The predicted octanol–water partition coefficient (Wildman–Crippen LogP) is 9.11. The molecule has 1 atom stereocenters. The average Bonchev–Trinajstić information content (AvgIpc) is 2.75. The highest BCUT2D eigenvalue weighted by Gasteiger charge is 2.24. The van der Waals surface area contributed by atoms with Gasteiger partial charge in [0.15, 0.2) is 0 Å². The number of amides is 1. The minimum atomic E-state index is -0.124. The Kier molecular flexibility index (Phi) is 26.3. The fraction of sp³-hybridized carbons (Fsp3) is 0.966. The Labute approximate surface area is 214 Å². The molecule has 0 spiro atoms. The predicted molar refractivity (Wildman–Crippen MR) is 150 cm³/mol. The molecule has 0 heterocycles. The lowest BCUT2D eigenvalue weighted by Gasteiger charge is -2.31. The molecule has 200 valence electrons. The van der Waals surface area contributed by atoms with Crippen molar-refractivity contribution in [3.8, 4) is 0 Å². The van der Waals surface area contributed by atoms with Gasteiger partial charge in [0.2, 0.25) is 5.91 Å². The third-order valence-electron chi connectivity index (χ3n) is 7.02. The molecule has 0 bridgehead atoms. The summed E-state index contributed by atoms with van der Waals surface area (Å²) in [5.41, 5.74) is 6.36. The van der Waals surface area contributed by atoms with Crippen molar-refractivity contribution in [3.05, 3.63) is 0 Å². The molecule has 3 N–H and O–H groups in total. The average molecular weight is 489 g/mol. The number of rotatable bonds is 24. The Morgan fingerprint density at radius 2 is 1.06 bits per heavy atom. The summed E-state index contributed by atoms with van der Waals surface area (Å²) in [5, 5.41) is 3.13. The van der Waals surface area contributed by atoms with E-state index in [1.165, 1.54) is 109 Å². The topological polar surface area (TPSA) is 55.1 Å². The van der Waals surface area contributed by atoms with E-state index in [0.717, 1.165) is 25.8 Å². The van der Waals surface area contributed by atoms with Gasteiger partial charge in [-0.1, -0.05) is 117 Å². The minimum Gasteiger partial charge on any atom is -0.356 e. The van der Waals surface area contributed by atoms with Crippen LogP contribution in [-0.2, 0) is 4.79 Å². The zero-order valence-corrected chi connectivity index (χ0v) is 23.8. The number of carbonyl (C=O) groups excluding carboxylic acids is 1. The molecule has 4 heteroatoms. The van der Waals surface area contributed by atoms with Crippen LogP contribution in [-0.4, -0.2) is 18.0 Å². The van der Waals surface area contributed by atoms with Crippen LogP contribution in [0.3, 0.4) is 0 Å². The molecule has 0 aliphatic heterocycles. The van der Waals surface area contributed by atoms with Crippen molar-refractivity contribution in [2.75, 3.05) is 6.54 Å². The number of hydrogen-bond donors (Lipinski definition) is 2. The molecule has 3 nitrogen and oxygen atoms in total. The molecular weight excluding hydrogens is 428 g/mol. The van der Waals surface area contributed by atoms with Gasteiger partial charge in [0.1, 0.15) is 0 Å². The van der Waals surface area contributed by atoms with E-state index in [1.807, 2.05) is 0 Å². The zero-order chi connectivity index (χ0) is 23.9. The van der Waals surface area contributed by atoms with E-state index in [-0.39, 0.29) is 23.9 Å². The Hall–Kier alpha value is -0.280. The molecule has 0 rings (SSSR count). The van der Waals surface area contributed by atoms with Gasteiger partial charge >= 0.3 is 0 Å². The van der Waals surface area contributed by atoms with Crippen LogP contribution in [0, 0.1) is 5.92 Å². The van der Waals surface area contributed by atoms with Gasteiger partial charge in [0.05, 0.1) is 0 Å². The van der Waals surface area contributed by atoms with Crippen LogP contribution in [0.15, 0.2) is 0 Å². The summed E-state index contributed by atoms with van der Waals surface area (Å²) in [6.45, 7) is 9.68. The van der Waals surface area contributed by atoms with E-state index >= 15 is 0 Å². The Bertz CT molecular complexity index is 409. The molecule has 0 saturated heterocycles. The van der Waals surface area contributed by atoms with Crippen LogP contribution in [0.1, 0.15) is 163 Å². The summed E-state index contributed by atoms with van der Waals surface area (Å²) >= 11 is 0. The summed E-state index contributed by atoms with van der Waals surface area (Å²) in [6, 6.07) is 0. The Morgan fingerprint density at radius 1 is 0.667 bits per heavy atom. The molecule has 0 fully saturated rings. The van der Waals surface area contributed by atoms with Gasteiger partial charge in [-0.3, -0.25) is 4.79 Å². The molecule has 0 aromatic heterocycles.